The molecule has 0 radical (unpaired) electrons. The molecule has 0 N–H and O–H groups in total. The van der Waals surface area contributed by atoms with Gasteiger partial charge in [0.15, 0.2) is 0 Å². The maximum absolute atomic E-state index is 12.8. The van der Waals surface area contributed by atoms with Gasteiger partial charge in [0.2, 0.25) is 11.8 Å². The molecular formula is C21H17Cl2NO3. The number of hydrogen-bond acceptors (Lipinski definition) is 3. The summed E-state index contributed by atoms with van der Waals surface area (Å²) in [5.74, 6) is 0.307. The van der Waals surface area contributed by atoms with Crippen LogP contribution in [-0.4, -0.2) is 11.8 Å². The zero-order valence-corrected chi connectivity index (χ0v) is 16.1. The lowest BCUT2D eigenvalue weighted by molar-refractivity contribution is -0.122. The number of carbonyl (C=O) groups is 2. The summed E-state index contributed by atoms with van der Waals surface area (Å²) >= 11 is 12.0. The average molecular weight is 402 g/mol. The molecule has 1 heterocycles. The van der Waals surface area contributed by atoms with Crippen LogP contribution in [0.5, 0.6) is 11.5 Å². The number of carbonyl (C=O) groups excluding carboxylic acids is 2. The predicted molar refractivity (Wildman–Crippen MR) is 105 cm³/mol. The molecule has 27 heavy (non-hydrogen) atoms. The second-order valence-corrected chi connectivity index (χ2v) is 7.68. The largest absolute Gasteiger partial charge is 0.456 e. The molecule has 0 aromatic heterocycles. The van der Waals surface area contributed by atoms with E-state index in [1.54, 1.807) is 42.5 Å². The van der Waals surface area contributed by atoms with Gasteiger partial charge in [-0.15, -0.1) is 0 Å². The predicted octanol–water partition coefficient (Wildman–Crippen LogP) is 5.49. The second-order valence-electron chi connectivity index (χ2n) is 6.84. The van der Waals surface area contributed by atoms with Crippen molar-refractivity contribution in [3.63, 3.8) is 0 Å². The van der Waals surface area contributed by atoms with Gasteiger partial charge >= 0.3 is 0 Å². The van der Waals surface area contributed by atoms with Gasteiger partial charge in [-0.25, -0.2) is 0 Å². The normalized spacial score (nSPS) is 24.3. The maximum Gasteiger partial charge on any atom is 0.238 e. The summed E-state index contributed by atoms with van der Waals surface area (Å²) < 4.78 is 5.76. The third kappa shape index (κ3) is 3.24. The van der Waals surface area contributed by atoms with E-state index in [1.807, 2.05) is 19.1 Å². The number of ether oxygens (including phenoxy) is 1. The van der Waals surface area contributed by atoms with Crippen LogP contribution < -0.4 is 9.64 Å². The molecule has 2 aromatic rings. The van der Waals surface area contributed by atoms with E-state index in [9.17, 15) is 9.59 Å². The van der Waals surface area contributed by atoms with E-state index in [1.165, 1.54) is 4.90 Å². The summed E-state index contributed by atoms with van der Waals surface area (Å²) in [7, 11) is 0. The summed E-state index contributed by atoms with van der Waals surface area (Å²) in [6, 6.07) is 11.8. The minimum Gasteiger partial charge on any atom is -0.456 e. The van der Waals surface area contributed by atoms with Crippen LogP contribution in [0.4, 0.5) is 5.69 Å². The first-order valence-corrected chi connectivity index (χ1v) is 9.49. The van der Waals surface area contributed by atoms with Crippen molar-refractivity contribution in [1.82, 2.24) is 0 Å². The Morgan fingerprint density at radius 1 is 1.04 bits per heavy atom. The molecule has 0 bridgehead atoms. The van der Waals surface area contributed by atoms with Gasteiger partial charge in [-0.2, -0.15) is 0 Å². The third-order valence-corrected chi connectivity index (χ3v) is 5.62. The number of nitrogens with zero attached hydrogens (tertiary/aromatic N) is 1. The summed E-state index contributed by atoms with van der Waals surface area (Å²) in [6.07, 6.45) is 4.63. The number of benzene rings is 2. The smallest absolute Gasteiger partial charge is 0.238 e. The molecule has 0 saturated carbocycles. The van der Waals surface area contributed by atoms with Gasteiger partial charge in [0.05, 0.1) is 22.5 Å². The van der Waals surface area contributed by atoms with E-state index < -0.39 is 0 Å². The van der Waals surface area contributed by atoms with Gasteiger partial charge in [0, 0.05) is 5.02 Å². The Hall–Kier alpha value is -2.30. The highest BCUT2D eigenvalue weighted by Gasteiger charge is 2.50. The van der Waals surface area contributed by atoms with Crippen molar-refractivity contribution in [2.45, 2.75) is 13.3 Å². The first-order valence-electron chi connectivity index (χ1n) is 8.73. The Bertz CT molecular complexity index is 939. The van der Waals surface area contributed by atoms with E-state index in [0.29, 0.717) is 33.7 Å². The van der Waals surface area contributed by atoms with Gasteiger partial charge < -0.3 is 4.74 Å². The first-order chi connectivity index (χ1) is 13.0. The van der Waals surface area contributed by atoms with Crippen LogP contribution in [0.2, 0.25) is 10.0 Å². The lowest BCUT2D eigenvalue weighted by atomic mass is 9.78. The number of amides is 2. The average Bonchev–Trinajstić information content (AvgIpc) is 2.90. The van der Waals surface area contributed by atoms with Crippen LogP contribution in [-0.2, 0) is 9.59 Å². The van der Waals surface area contributed by atoms with Crippen molar-refractivity contribution >= 4 is 40.7 Å². The minimum absolute atomic E-state index is 0.0693. The van der Waals surface area contributed by atoms with E-state index in [0.717, 1.165) is 0 Å². The number of halogens is 2. The third-order valence-electron chi connectivity index (χ3n) is 5.09. The molecule has 4 nitrogen and oxygen atoms in total. The van der Waals surface area contributed by atoms with Crippen LogP contribution in [0.15, 0.2) is 54.6 Å². The van der Waals surface area contributed by atoms with Gasteiger partial charge in [0.1, 0.15) is 11.5 Å². The highest BCUT2D eigenvalue weighted by molar-refractivity contribution is 6.35. The van der Waals surface area contributed by atoms with Crippen molar-refractivity contribution < 1.29 is 14.3 Å². The standard InChI is InChI=1S/C21H17Cl2NO3/c1-12-3-2-4-16-19(12)21(26)24(20(16)25)14-6-8-15(9-7-14)27-18-10-5-13(22)11-17(18)23/h2-3,5-12,16,19H,4H2,1H3/t12-,16+,19+/m0/s1. The number of imide groups is 1. The van der Waals surface area contributed by atoms with Gasteiger partial charge in [-0.3, -0.25) is 14.5 Å². The van der Waals surface area contributed by atoms with Crippen LogP contribution in [0.25, 0.3) is 0 Å². The van der Waals surface area contributed by atoms with Crippen molar-refractivity contribution in [2.24, 2.45) is 17.8 Å². The molecule has 2 amide bonds. The lowest BCUT2D eigenvalue weighted by Gasteiger charge is -2.22. The molecule has 1 aliphatic heterocycles. The molecular weight excluding hydrogens is 385 g/mol. The number of hydrogen-bond donors (Lipinski definition) is 0. The van der Waals surface area contributed by atoms with Crippen molar-refractivity contribution in [1.29, 1.82) is 0 Å². The lowest BCUT2D eigenvalue weighted by Crippen LogP contribution is -2.31. The first kappa shape index (κ1) is 18.1. The summed E-state index contributed by atoms with van der Waals surface area (Å²) in [5.41, 5.74) is 0.557. The molecule has 2 aliphatic rings. The van der Waals surface area contributed by atoms with E-state index in [2.05, 4.69) is 0 Å². The summed E-state index contributed by atoms with van der Waals surface area (Å²) in [5, 5.41) is 0.931. The van der Waals surface area contributed by atoms with Gasteiger partial charge in [0.25, 0.3) is 0 Å². The highest BCUT2D eigenvalue weighted by atomic mass is 35.5. The Morgan fingerprint density at radius 2 is 1.78 bits per heavy atom. The molecule has 3 atom stereocenters. The fourth-order valence-corrected chi connectivity index (χ4v) is 4.20. The zero-order valence-electron chi connectivity index (χ0n) is 14.6. The number of fused-ring (bicyclic) bond motifs is 1. The molecule has 138 valence electrons. The highest BCUT2D eigenvalue weighted by Crippen LogP contribution is 2.41. The van der Waals surface area contributed by atoms with Crippen molar-refractivity contribution in [3.8, 4) is 11.5 Å². The van der Waals surface area contributed by atoms with E-state index in [-0.39, 0.29) is 29.6 Å². The summed E-state index contributed by atoms with van der Waals surface area (Å²) in [4.78, 5) is 26.9. The molecule has 6 heteroatoms. The minimum atomic E-state index is -0.272. The van der Waals surface area contributed by atoms with Crippen LogP contribution in [0.3, 0.4) is 0 Å². The van der Waals surface area contributed by atoms with E-state index >= 15 is 0 Å². The van der Waals surface area contributed by atoms with Crippen molar-refractivity contribution in [2.75, 3.05) is 4.90 Å². The van der Waals surface area contributed by atoms with Crippen LogP contribution >= 0.6 is 23.2 Å². The van der Waals surface area contributed by atoms with E-state index in [4.69, 9.17) is 27.9 Å². The molecule has 4 rings (SSSR count). The Balaban J connectivity index is 1.56. The number of rotatable bonds is 3. The molecule has 0 spiro atoms. The number of allylic oxidation sites excluding steroid dienone is 2. The van der Waals surface area contributed by atoms with Crippen LogP contribution in [0, 0.1) is 17.8 Å². The molecule has 0 unspecified atom stereocenters. The molecule has 1 aliphatic carbocycles. The molecule has 2 aromatic carbocycles. The Labute approximate surface area is 167 Å². The fraction of sp³-hybridized carbons (Fsp3) is 0.238. The monoisotopic (exact) mass is 401 g/mol. The molecule has 1 fully saturated rings. The number of anilines is 1. The van der Waals surface area contributed by atoms with Crippen molar-refractivity contribution in [3.05, 3.63) is 64.7 Å². The zero-order chi connectivity index (χ0) is 19.1. The maximum atomic E-state index is 12.8. The molecule has 1 saturated heterocycles. The quantitative estimate of drug-likeness (QED) is 0.504. The van der Waals surface area contributed by atoms with Crippen LogP contribution in [0.1, 0.15) is 13.3 Å². The Morgan fingerprint density at radius 3 is 2.44 bits per heavy atom. The summed E-state index contributed by atoms with van der Waals surface area (Å²) in [6.45, 7) is 1.98. The fourth-order valence-electron chi connectivity index (χ4n) is 3.75. The Kier molecular flexibility index (Phi) is 4.70. The van der Waals surface area contributed by atoms with Gasteiger partial charge in [-0.05, 0) is 54.8 Å². The second kappa shape index (κ2) is 7.02. The van der Waals surface area contributed by atoms with Gasteiger partial charge in [-0.1, -0.05) is 42.3 Å². The topological polar surface area (TPSA) is 46.6 Å². The SMILES string of the molecule is C[C@H]1C=CC[C@H]2C(=O)N(c3ccc(Oc4ccc(Cl)cc4Cl)cc3)C(=O)[C@H]12.